The molecule has 0 saturated heterocycles. The second-order valence-corrected chi connectivity index (χ2v) is 7.57. The molecule has 5 nitrogen and oxygen atoms in total. The summed E-state index contributed by atoms with van der Waals surface area (Å²) in [5.41, 5.74) is 2.92. The Kier molecular flexibility index (Phi) is 6.01. The highest BCUT2D eigenvalue weighted by molar-refractivity contribution is 7.95. The maximum Gasteiger partial charge on any atom is 0.255 e. The van der Waals surface area contributed by atoms with E-state index in [0.717, 1.165) is 27.8 Å². The van der Waals surface area contributed by atoms with Crippen LogP contribution in [-0.4, -0.2) is 22.6 Å². The third kappa shape index (κ3) is 4.92. The van der Waals surface area contributed by atoms with Crippen molar-refractivity contribution in [2.24, 2.45) is 0 Å². The van der Waals surface area contributed by atoms with Crippen molar-refractivity contribution in [3.8, 4) is 22.6 Å². The van der Waals surface area contributed by atoms with Gasteiger partial charge in [-0.3, -0.25) is 4.72 Å². The molecular formula is C22H21NO4S. The second-order valence-electron chi connectivity index (χ2n) is 6.00. The number of methoxy groups -OCH3 is 2. The number of anilines is 1. The van der Waals surface area contributed by atoms with E-state index >= 15 is 0 Å². The summed E-state index contributed by atoms with van der Waals surface area (Å²) in [5, 5.41) is 1.15. The fourth-order valence-electron chi connectivity index (χ4n) is 2.70. The molecule has 0 spiro atoms. The van der Waals surface area contributed by atoms with Gasteiger partial charge >= 0.3 is 0 Å². The molecule has 28 heavy (non-hydrogen) atoms. The zero-order chi connectivity index (χ0) is 20.0. The smallest absolute Gasteiger partial charge is 0.255 e. The van der Waals surface area contributed by atoms with Crippen LogP contribution in [0.1, 0.15) is 5.56 Å². The molecule has 0 aromatic heterocycles. The van der Waals surface area contributed by atoms with Gasteiger partial charge in [0.2, 0.25) is 0 Å². The van der Waals surface area contributed by atoms with Crippen LogP contribution < -0.4 is 14.2 Å². The van der Waals surface area contributed by atoms with E-state index < -0.39 is 10.0 Å². The van der Waals surface area contributed by atoms with Gasteiger partial charge in [0.05, 0.1) is 19.6 Å². The van der Waals surface area contributed by atoms with Crippen molar-refractivity contribution in [2.75, 3.05) is 18.9 Å². The lowest BCUT2D eigenvalue weighted by molar-refractivity contribution is 0.414. The van der Waals surface area contributed by atoms with Crippen LogP contribution in [0.5, 0.6) is 11.5 Å². The van der Waals surface area contributed by atoms with E-state index in [4.69, 9.17) is 9.47 Å². The van der Waals surface area contributed by atoms with Crippen LogP contribution in [0.2, 0.25) is 0 Å². The predicted octanol–water partition coefficient (Wildman–Crippen LogP) is 4.78. The molecule has 0 fully saturated rings. The molecule has 0 aliphatic rings. The van der Waals surface area contributed by atoms with Crippen LogP contribution in [0.25, 0.3) is 17.2 Å². The van der Waals surface area contributed by atoms with Crippen LogP contribution in [0.15, 0.2) is 78.2 Å². The van der Waals surface area contributed by atoms with Gasteiger partial charge < -0.3 is 9.47 Å². The molecule has 3 aromatic rings. The van der Waals surface area contributed by atoms with E-state index in [9.17, 15) is 8.42 Å². The average molecular weight is 395 g/mol. The highest BCUT2D eigenvalue weighted by atomic mass is 32.2. The van der Waals surface area contributed by atoms with Crippen molar-refractivity contribution in [3.63, 3.8) is 0 Å². The number of sulfonamides is 1. The Morgan fingerprint density at radius 3 is 2.21 bits per heavy atom. The molecule has 3 aromatic carbocycles. The Bertz CT molecular complexity index is 1060. The minimum atomic E-state index is -3.65. The fraction of sp³-hybridized carbons (Fsp3) is 0.0909. The molecule has 3 rings (SSSR count). The van der Waals surface area contributed by atoms with Crippen molar-refractivity contribution in [1.82, 2.24) is 0 Å². The Labute approximate surface area is 165 Å². The highest BCUT2D eigenvalue weighted by Crippen LogP contribution is 2.33. The molecule has 0 heterocycles. The summed E-state index contributed by atoms with van der Waals surface area (Å²) in [6.07, 6.45) is 1.55. The van der Waals surface area contributed by atoms with Gasteiger partial charge in [-0.05, 0) is 47.5 Å². The van der Waals surface area contributed by atoms with Crippen LogP contribution in [0.3, 0.4) is 0 Å². The SMILES string of the molecule is COc1ccc(-c2cc(NS(=O)(=O)/C=C/c3ccccc3)ccc2OC)cc1. The number of nitrogens with one attached hydrogen (secondary N) is 1. The molecule has 0 atom stereocenters. The molecule has 0 amide bonds. The van der Waals surface area contributed by atoms with Crippen LogP contribution in [-0.2, 0) is 10.0 Å². The quantitative estimate of drug-likeness (QED) is 0.625. The van der Waals surface area contributed by atoms with Gasteiger partial charge in [0.15, 0.2) is 0 Å². The normalized spacial score (nSPS) is 11.4. The van der Waals surface area contributed by atoms with E-state index in [0.29, 0.717) is 11.4 Å². The summed E-state index contributed by atoms with van der Waals surface area (Å²) >= 11 is 0. The first kappa shape index (κ1) is 19.5. The monoisotopic (exact) mass is 395 g/mol. The molecular weight excluding hydrogens is 374 g/mol. The van der Waals surface area contributed by atoms with Crippen LogP contribution >= 0.6 is 0 Å². The molecule has 0 saturated carbocycles. The summed E-state index contributed by atoms with van der Waals surface area (Å²) in [4.78, 5) is 0. The van der Waals surface area contributed by atoms with E-state index in [1.807, 2.05) is 54.6 Å². The lowest BCUT2D eigenvalue weighted by Gasteiger charge is -2.12. The standard InChI is InChI=1S/C22H21NO4S/c1-26-20-11-8-18(9-12-20)21-16-19(10-13-22(21)27-2)23-28(24,25)15-14-17-6-4-3-5-7-17/h3-16,23H,1-2H3/b15-14+. The van der Waals surface area contributed by atoms with Crippen molar-refractivity contribution in [1.29, 1.82) is 0 Å². The van der Waals surface area contributed by atoms with E-state index in [1.165, 1.54) is 0 Å². The van der Waals surface area contributed by atoms with E-state index in [1.54, 1.807) is 38.5 Å². The lowest BCUT2D eigenvalue weighted by Crippen LogP contribution is -2.09. The third-order valence-corrected chi connectivity index (χ3v) is 5.11. The second kappa shape index (κ2) is 8.63. The van der Waals surface area contributed by atoms with Gasteiger partial charge in [-0.1, -0.05) is 42.5 Å². The molecule has 0 bridgehead atoms. The highest BCUT2D eigenvalue weighted by Gasteiger charge is 2.11. The van der Waals surface area contributed by atoms with Crippen molar-refractivity contribution in [3.05, 3.63) is 83.8 Å². The summed E-state index contributed by atoms with van der Waals surface area (Å²) in [7, 11) is -0.470. The summed E-state index contributed by atoms with van der Waals surface area (Å²) in [6.45, 7) is 0. The Morgan fingerprint density at radius 2 is 1.57 bits per heavy atom. The number of ether oxygens (including phenoxy) is 2. The van der Waals surface area contributed by atoms with Gasteiger partial charge in [0.1, 0.15) is 11.5 Å². The summed E-state index contributed by atoms with van der Waals surface area (Å²) in [6, 6.07) is 21.9. The number of benzene rings is 3. The van der Waals surface area contributed by atoms with E-state index in [2.05, 4.69) is 4.72 Å². The molecule has 0 aliphatic heterocycles. The average Bonchev–Trinajstić information content (AvgIpc) is 2.73. The molecule has 0 radical (unpaired) electrons. The lowest BCUT2D eigenvalue weighted by atomic mass is 10.0. The van der Waals surface area contributed by atoms with Gasteiger partial charge in [-0.25, -0.2) is 8.42 Å². The first-order chi connectivity index (χ1) is 13.5. The Balaban J connectivity index is 1.87. The molecule has 6 heteroatoms. The number of hydrogen-bond acceptors (Lipinski definition) is 4. The first-order valence-corrected chi connectivity index (χ1v) is 10.1. The maximum absolute atomic E-state index is 12.4. The summed E-state index contributed by atoms with van der Waals surface area (Å²) in [5.74, 6) is 1.39. The topological polar surface area (TPSA) is 64.6 Å². The largest absolute Gasteiger partial charge is 0.497 e. The predicted molar refractivity (Wildman–Crippen MR) is 113 cm³/mol. The molecule has 0 aliphatic carbocycles. The maximum atomic E-state index is 12.4. The van der Waals surface area contributed by atoms with Crippen LogP contribution in [0.4, 0.5) is 5.69 Å². The third-order valence-electron chi connectivity index (χ3n) is 4.10. The van der Waals surface area contributed by atoms with Gasteiger partial charge in [0.25, 0.3) is 10.0 Å². The molecule has 144 valence electrons. The summed E-state index contributed by atoms with van der Waals surface area (Å²) < 4.78 is 38.0. The van der Waals surface area contributed by atoms with Crippen LogP contribution in [0, 0.1) is 0 Å². The van der Waals surface area contributed by atoms with Gasteiger partial charge in [-0.15, -0.1) is 0 Å². The number of hydrogen-bond donors (Lipinski definition) is 1. The fourth-order valence-corrected chi connectivity index (χ4v) is 3.56. The van der Waals surface area contributed by atoms with Crippen molar-refractivity contribution < 1.29 is 17.9 Å². The van der Waals surface area contributed by atoms with Crippen molar-refractivity contribution >= 4 is 21.8 Å². The minimum absolute atomic E-state index is 0.448. The minimum Gasteiger partial charge on any atom is -0.497 e. The Morgan fingerprint density at radius 1 is 0.857 bits per heavy atom. The zero-order valence-corrected chi connectivity index (χ0v) is 16.4. The number of rotatable bonds is 7. The zero-order valence-electron chi connectivity index (χ0n) is 15.6. The molecule has 1 N–H and O–H groups in total. The van der Waals surface area contributed by atoms with E-state index in [-0.39, 0.29) is 0 Å². The Hall–Kier alpha value is -3.25. The van der Waals surface area contributed by atoms with Gasteiger partial charge in [-0.2, -0.15) is 0 Å². The first-order valence-electron chi connectivity index (χ1n) is 8.59. The van der Waals surface area contributed by atoms with Crippen molar-refractivity contribution in [2.45, 2.75) is 0 Å². The van der Waals surface area contributed by atoms with Gasteiger partial charge in [0, 0.05) is 11.3 Å². The molecule has 0 unspecified atom stereocenters.